The van der Waals surface area contributed by atoms with Crippen molar-refractivity contribution in [2.24, 2.45) is 17.8 Å². The molecule has 3 N–H and O–H groups in total. The topological polar surface area (TPSA) is 151 Å². The van der Waals surface area contributed by atoms with Crippen LogP contribution in [-0.2, 0) is 29.1 Å². The van der Waals surface area contributed by atoms with Crippen LogP contribution in [-0.4, -0.2) is 67.6 Å². The summed E-state index contributed by atoms with van der Waals surface area (Å²) in [6, 6.07) is 7.25. The van der Waals surface area contributed by atoms with Gasteiger partial charge in [0.1, 0.15) is 11.6 Å². The summed E-state index contributed by atoms with van der Waals surface area (Å²) in [7, 11) is -2.11. The predicted octanol–water partition coefficient (Wildman–Crippen LogP) is 2.62. The van der Waals surface area contributed by atoms with Crippen LogP contribution in [0, 0.1) is 24.7 Å². The summed E-state index contributed by atoms with van der Waals surface area (Å²) in [5.74, 6) is -3.43. The third-order valence-electron chi connectivity index (χ3n) is 8.53. The lowest BCUT2D eigenvalue weighted by atomic mass is 9.93. The van der Waals surface area contributed by atoms with Crippen LogP contribution >= 0.6 is 0 Å². The van der Waals surface area contributed by atoms with Crippen molar-refractivity contribution in [1.29, 1.82) is 0 Å². The number of aryl methyl sites for hydroxylation is 1. The molecule has 5 atom stereocenters. The zero-order valence-corrected chi connectivity index (χ0v) is 24.2. The summed E-state index contributed by atoms with van der Waals surface area (Å²) in [4.78, 5) is 54.8. The van der Waals surface area contributed by atoms with Gasteiger partial charge < -0.3 is 15.0 Å². The van der Waals surface area contributed by atoms with E-state index in [0.29, 0.717) is 25.1 Å². The molecule has 222 valence electrons. The van der Waals surface area contributed by atoms with Gasteiger partial charge in [-0.15, -0.1) is 0 Å². The van der Waals surface area contributed by atoms with Crippen LogP contribution in [0.5, 0.6) is 0 Å². The fourth-order valence-corrected chi connectivity index (χ4v) is 7.28. The standard InChI is InChI=1S/C29H38N4O7S/c1-18-8-7-10-20(14-18)30-28(37)40-21-15-23-24(16-21)26(35)33(2)13-6-4-3-5-9-19-17-29(19,31-25(23)34)27(36)32-41(38,39)22-11-12-22/h5,7-10,14,19,21-24H,3-4,6,11-13,15-17H2,1-2H3,(H,30,37)(H,31,34)(H,32,36)/b9-5+. The first-order chi connectivity index (χ1) is 19.5. The minimum Gasteiger partial charge on any atom is -0.446 e. The number of carbonyl (C=O) groups excluding carboxylic acids is 4. The third-order valence-corrected chi connectivity index (χ3v) is 10.4. The number of allylic oxidation sites excluding steroid dienone is 1. The molecule has 3 saturated carbocycles. The lowest BCUT2D eigenvalue weighted by Gasteiger charge is -2.26. The van der Waals surface area contributed by atoms with Crippen LogP contribution in [0.4, 0.5) is 10.5 Å². The Kier molecular flexibility index (Phi) is 8.13. The van der Waals surface area contributed by atoms with E-state index < -0.39 is 56.7 Å². The second-order valence-corrected chi connectivity index (χ2v) is 13.8. The average molecular weight is 587 g/mol. The Morgan fingerprint density at radius 3 is 2.61 bits per heavy atom. The Bertz CT molecular complexity index is 1360. The lowest BCUT2D eigenvalue weighted by Crippen LogP contribution is -2.54. The fraction of sp³-hybridized carbons (Fsp3) is 0.586. The number of fused-ring (bicyclic) bond motifs is 2. The van der Waals surface area contributed by atoms with Crippen LogP contribution < -0.4 is 15.4 Å². The van der Waals surface area contributed by atoms with Crippen LogP contribution in [0.3, 0.4) is 0 Å². The van der Waals surface area contributed by atoms with Gasteiger partial charge in [-0.2, -0.15) is 0 Å². The van der Waals surface area contributed by atoms with E-state index in [1.807, 2.05) is 31.2 Å². The summed E-state index contributed by atoms with van der Waals surface area (Å²) >= 11 is 0. The van der Waals surface area contributed by atoms with E-state index in [-0.39, 0.29) is 31.1 Å². The van der Waals surface area contributed by atoms with Crippen LogP contribution in [0.2, 0.25) is 0 Å². The molecule has 0 aromatic heterocycles. The summed E-state index contributed by atoms with van der Waals surface area (Å²) in [5.41, 5.74) is 0.136. The highest BCUT2D eigenvalue weighted by Gasteiger charge is 2.62. The minimum absolute atomic E-state index is 0.107. The smallest absolute Gasteiger partial charge is 0.411 e. The number of ether oxygens (including phenoxy) is 1. The van der Waals surface area contributed by atoms with E-state index in [2.05, 4.69) is 15.4 Å². The first kappa shape index (κ1) is 29.1. The first-order valence-electron chi connectivity index (χ1n) is 14.3. The number of nitrogens with one attached hydrogen (secondary N) is 3. The molecule has 4 amide bonds. The van der Waals surface area contributed by atoms with Gasteiger partial charge in [-0.1, -0.05) is 24.3 Å². The molecule has 1 aliphatic heterocycles. The van der Waals surface area contributed by atoms with Crippen molar-refractivity contribution in [3.05, 3.63) is 42.0 Å². The second-order valence-electron chi connectivity index (χ2n) is 11.8. The maximum absolute atomic E-state index is 13.7. The maximum Gasteiger partial charge on any atom is 0.411 e. The molecule has 1 aromatic carbocycles. The molecule has 4 aliphatic rings. The van der Waals surface area contributed by atoms with E-state index in [1.54, 1.807) is 24.1 Å². The van der Waals surface area contributed by atoms with E-state index in [4.69, 9.17) is 4.74 Å². The molecule has 0 spiro atoms. The zero-order valence-electron chi connectivity index (χ0n) is 23.4. The number of anilines is 1. The Balaban J connectivity index is 1.34. The molecule has 5 unspecified atom stereocenters. The monoisotopic (exact) mass is 586 g/mol. The molecule has 0 saturated heterocycles. The van der Waals surface area contributed by atoms with Gasteiger partial charge in [-0.25, -0.2) is 13.2 Å². The lowest BCUT2D eigenvalue weighted by molar-refractivity contribution is -0.140. The Morgan fingerprint density at radius 1 is 1.12 bits per heavy atom. The summed E-state index contributed by atoms with van der Waals surface area (Å²) < 4.78 is 32.9. The van der Waals surface area contributed by atoms with Gasteiger partial charge in [0.2, 0.25) is 21.8 Å². The van der Waals surface area contributed by atoms with Crippen molar-refractivity contribution in [2.45, 2.75) is 75.2 Å². The Labute approximate surface area is 240 Å². The number of rotatable bonds is 5. The summed E-state index contributed by atoms with van der Waals surface area (Å²) in [6.45, 7) is 2.44. The van der Waals surface area contributed by atoms with Crippen molar-refractivity contribution >= 4 is 39.5 Å². The van der Waals surface area contributed by atoms with Gasteiger partial charge in [0, 0.05) is 25.2 Å². The highest BCUT2D eigenvalue weighted by atomic mass is 32.2. The van der Waals surface area contributed by atoms with Crippen molar-refractivity contribution in [3.8, 4) is 0 Å². The molecule has 41 heavy (non-hydrogen) atoms. The first-order valence-corrected chi connectivity index (χ1v) is 15.9. The average Bonchev–Trinajstić information content (AvgIpc) is 3.82. The van der Waals surface area contributed by atoms with Crippen molar-refractivity contribution in [3.63, 3.8) is 0 Å². The second kappa shape index (κ2) is 11.5. The number of hydrogen-bond acceptors (Lipinski definition) is 7. The van der Waals surface area contributed by atoms with Crippen molar-refractivity contribution < 1.29 is 32.3 Å². The number of benzene rings is 1. The van der Waals surface area contributed by atoms with Gasteiger partial charge in [-0.3, -0.25) is 24.4 Å². The number of nitrogens with zero attached hydrogens (tertiary/aromatic N) is 1. The highest BCUT2D eigenvalue weighted by Crippen LogP contribution is 2.47. The molecule has 1 aromatic rings. The Morgan fingerprint density at radius 2 is 1.88 bits per heavy atom. The van der Waals surface area contributed by atoms with Crippen molar-refractivity contribution in [1.82, 2.24) is 14.9 Å². The molecule has 11 nitrogen and oxygen atoms in total. The van der Waals surface area contributed by atoms with E-state index in [0.717, 1.165) is 24.8 Å². The molecule has 3 fully saturated rings. The molecular weight excluding hydrogens is 548 g/mol. The fourth-order valence-electron chi connectivity index (χ4n) is 5.91. The van der Waals surface area contributed by atoms with Gasteiger partial charge in [-0.05, 0) is 76.0 Å². The molecule has 3 aliphatic carbocycles. The number of carbonyl (C=O) groups is 4. The molecule has 12 heteroatoms. The van der Waals surface area contributed by atoms with Gasteiger partial charge in [0.05, 0.1) is 17.1 Å². The largest absolute Gasteiger partial charge is 0.446 e. The van der Waals surface area contributed by atoms with Crippen LogP contribution in [0.25, 0.3) is 0 Å². The molecule has 0 radical (unpaired) electrons. The third kappa shape index (κ3) is 6.58. The molecule has 0 bridgehead atoms. The van der Waals surface area contributed by atoms with Gasteiger partial charge >= 0.3 is 6.09 Å². The number of amides is 4. The number of hydrogen-bond donors (Lipinski definition) is 3. The molecular formula is C29H38N4O7S. The SMILES string of the molecule is Cc1cccc(NC(=O)OC2CC3C(=O)NC4(C(=O)NS(=O)(=O)C5CC5)CC4/C=C/CCCCN(C)C(=O)C3C2)c1. The van der Waals surface area contributed by atoms with Crippen LogP contribution in [0.1, 0.15) is 56.9 Å². The normalized spacial score (nSPS) is 31.1. The van der Waals surface area contributed by atoms with Crippen molar-refractivity contribution in [2.75, 3.05) is 18.9 Å². The maximum atomic E-state index is 13.7. The molecule has 5 rings (SSSR count). The number of sulfonamides is 1. The summed E-state index contributed by atoms with van der Waals surface area (Å²) in [5, 5.41) is 4.95. The van der Waals surface area contributed by atoms with Crippen LogP contribution in [0.15, 0.2) is 36.4 Å². The van der Waals surface area contributed by atoms with E-state index >= 15 is 0 Å². The zero-order chi connectivity index (χ0) is 29.4. The summed E-state index contributed by atoms with van der Waals surface area (Å²) in [6.07, 6.45) is 6.34. The predicted molar refractivity (Wildman–Crippen MR) is 151 cm³/mol. The van der Waals surface area contributed by atoms with Gasteiger partial charge in [0.25, 0.3) is 5.91 Å². The van der Waals surface area contributed by atoms with Gasteiger partial charge in [0.15, 0.2) is 0 Å². The van der Waals surface area contributed by atoms with E-state index in [9.17, 15) is 27.6 Å². The van der Waals surface area contributed by atoms with E-state index in [1.165, 1.54) is 0 Å². The Hall–Kier alpha value is -3.41. The molecule has 1 heterocycles. The minimum atomic E-state index is -3.81. The quantitative estimate of drug-likeness (QED) is 0.449. The highest BCUT2D eigenvalue weighted by molar-refractivity contribution is 7.91.